The lowest BCUT2D eigenvalue weighted by molar-refractivity contribution is -0.134. The highest BCUT2D eigenvalue weighted by Crippen LogP contribution is 2.13. The summed E-state index contributed by atoms with van der Waals surface area (Å²) in [5.41, 5.74) is 5.67. The van der Waals surface area contributed by atoms with Crippen LogP contribution in [0.25, 0.3) is 0 Å². The molecule has 1 atom stereocenters. The quantitative estimate of drug-likeness (QED) is 0.805. The predicted octanol–water partition coefficient (Wildman–Crippen LogP) is 1.30. The van der Waals surface area contributed by atoms with Gasteiger partial charge in [-0.25, -0.2) is 0 Å². The Kier molecular flexibility index (Phi) is 6.65. The SMILES string of the molecule is CCC(CCN)N1CCCN(C(=O)C(C)C)CC1. The molecule has 1 rings (SSSR count). The van der Waals surface area contributed by atoms with Crippen LogP contribution in [-0.2, 0) is 4.79 Å². The fourth-order valence-corrected chi connectivity index (χ4v) is 2.73. The van der Waals surface area contributed by atoms with Gasteiger partial charge in [0.05, 0.1) is 0 Å². The molecule has 0 bridgehead atoms. The molecule has 0 aromatic rings. The van der Waals surface area contributed by atoms with E-state index in [1.54, 1.807) is 0 Å². The van der Waals surface area contributed by atoms with Gasteiger partial charge >= 0.3 is 0 Å². The third-order valence-electron chi connectivity index (χ3n) is 3.82. The monoisotopic (exact) mass is 255 g/mol. The van der Waals surface area contributed by atoms with Crippen LogP contribution in [0.5, 0.6) is 0 Å². The van der Waals surface area contributed by atoms with E-state index >= 15 is 0 Å². The maximum Gasteiger partial charge on any atom is 0.225 e. The summed E-state index contributed by atoms with van der Waals surface area (Å²) in [5, 5.41) is 0. The van der Waals surface area contributed by atoms with Crippen LogP contribution in [0, 0.1) is 5.92 Å². The first-order valence-electron chi connectivity index (χ1n) is 7.33. The van der Waals surface area contributed by atoms with E-state index in [0.29, 0.717) is 11.9 Å². The fraction of sp³-hybridized carbons (Fsp3) is 0.929. The third kappa shape index (κ3) is 4.25. The molecule has 0 spiro atoms. The molecule has 1 fully saturated rings. The Hall–Kier alpha value is -0.610. The first-order valence-corrected chi connectivity index (χ1v) is 7.33. The summed E-state index contributed by atoms with van der Waals surface area (Å²) >= 11 is 0. The predicted molar refractivity (Wildman–Crippen MR) is 75.4 cm³/mol. The molecule has 0 saturated carbocycles. The van der Waals surface area contributed by atoms with Gasteiger partial charge in [-0.1, -0.05) is 20.8 Å². The Morgan fingerprint density at radius 1 is 1.22 bits per heavy atom. The van der Waals surface area contributed by atoms with Crippen molar-refractivity contribution in [2.45, 2.75) is 46.1 Å². The maximum atomic E-state index is 12.0. The minimum absolute atomic E-state index is 0.113. The minimum Gasteiger partial charge on any atom is -0.341 e. The molecule has 1 amide bonds. The van der Waals surface area contributed by atoms with Gasteiger partial charge < -0.3 is 10.6 Å². The van der Waals surface area contributed by atoms with Crippen LogP contribution >= 0.6 is 0 Å². The molecular formula is C14H29N3O. The molecule has 4 nitrogen and oxygen atoms in total. The topological polar surface area (TPSA) is 49.6 Å². The normalized spacial score (nSPS) is 19.9. The van der Waals surface area contributed by atoms with E-state index in [-0.39, 0.29) is 5.92 Å². The van der Waals surface area contributed by atoms with Gasteiger partial charge in [0.1, 0.15) is 0 Å². The summed E-state index contributed by atoms with van der Waals surface area (Å²) in [6.45, 7) is 10.8. The van der Waals surface area contributed by atoms with Crippen LogP contribution in [0.1, 0.15) is 40.0 Å². The minimum atomic E-state index is 0.113. The second-order valence-electron chi connectivity index (χ2n) is 5.51. The van der Waals surface area contributed by atoms with Gasteiger partial charge in [-0.05, 0) is 25.8 Å². The average Bonchev–Trinajstić information content (AvgIpc) is 2.60. The molecule has 0 radical (unpaired) electrons. The number of hydrogen-bond donors (Lipinski definition) is 1. The fourth-order valence-electron chi connectivity index (χ4n) is 2.73. The standard InChI is InChI=1S/C14H29N3O/c1-4-13(6-7-15)16-8-5-9-17(11-10-16)14(18)12(2)3/h12-13H,4-11,15H2,1-3H3. The Labute approximate surface area is 111 Å². The summed E-state index contributed by atoms with van der Waals surface area (Å²) in [4.78, 5) is 16.6. The third-order valence-corrected chi connectivity index (χ3v) is 3.82. The Morgan fingerprint density at radius 2 is 1.94 bits per heavy atom. The molecule has 0 aliphatic carbocycles. The van der Waals surface area contributed by atoms with Gasteiger partial charge in [-0.3, -0.25) is 9.69 Å². The van der Waals surface area contributed by atoms with Crippen LogP contribution in [0.3, 0.4) is 0 Å². The van der Waals surface area contributed by atoms with Crippen molar-refractivity contribution in [1.82, 2.24) is 9.80 Å². The lowest BCUT2D eigenvalue weighted by Crippen LogP contribution is -2.41. The molecule has 1 saturated heterocycles. The first-order chi connectivity index (χ1) is 8.60. The summed E-state index contributed by atoms with van der Waals surface area (Å²) in [7, 11) is 0. The summed E-state index contributed by atoms with van der Waals surface area (Å²) in [6.07, 6.45) is 3.30. The van der Waals surface area contributed by atoms with Gasteiger partial charge in [0.15, 0.2) is 0 Å². The van der Waals surface area contributed by atoms with Gasteiger partial charge in [0, 0.05) is 38.1 Å². The molecule has 1 aliphatic heterocycles. The second kappa shape index (κ2) is 7.74. The van der Waals surface area contributed by atoms with Crippen LogP contribution in [0.4, 0.5) is 0 Å². The molecule has 0 aromatic carbocycles. The van der Waals surface area contributed by atoms with Gasteiger partial charge in [-0.2, -0.15) is 0 Å². The zero-order valence-electron chi connectivity index (χ0n) is 12.2. The van der Waals surface area contributed by atoms with Crippen LogP contribution < -0.4 is 5.73 Å². The molecule has 4 heteroatoms. The van der Waals surface area contributed by atoms with Crippen molar-refractivity contribution in [1.29, 1.82) is 0 Å². The van der Waals surface area contributed by atoms with E-state index in [9.17, 15) is 4.79 Å². The van der Waals surface area contributed by atoms with Crippen molar-refractivity contribution < 1.29 is 4.79 Å². The van der Waals surface area contributed by atoms with Gasteiger partial charge in [-0.15, -0.1) is 0 Å². The number of rotatable bonds is 5. The zero-order chi connectivity index (χ0) is 13.5. The van der Waals surface area contributed by atoms with Crippen molar-refractivity contribution in [3.63, 3.8) is 0 Å². The van der Waals surface area contributed by atoms with Gasteiger partial charge in [0.2, 0.25) is 5.91 Å². The van der Waals surface area contributed by atoms with Crippen molar-refractivity contribution in [2.24, 2.45) is 11.7 Å². The number of amides is 1. The summed E-state index contributed by atoms with van der Waals surface area (Å²) < 4.78 is 0. The van der Waals surface area contributed by atoms with E-state index in [1.165, 1.54) is 0 Å². The number of nitrogens with two attached hydrogens (primary N) is 1. The number of carbonyl (C=O) groups is 1. The highest BCUT2D eigenvalue weighted by molar-refractivity contribution is 5.78. The zero-order valence-corrected chi connectivity index (χ0v) is 12.2. The molecule has 1 heterocycles. The highest BCUT2D eigenvalue weighted by Gasteiger charge is 2.23. The van der Waals surface area contributed by atoms with E-state index in [4.69, 9.17) is 5.73 Å². The molecule has 2 N–H and O–H groups in total. The van der Waals surface area contributed by atoms with E-state index in [1.807, 2.05) is 18.7 Å². The van der Waals surface area contributed by atoms with E-state index in [0.717, 1.165) is 52.0 Å². The van der Waals surface area contributed by atoms with E-state index in [2.05, 4.69) is 11.8 Å². The lowest BCUT2D eigenvalue weighted by atomic mass is 10.1. The Bertz CT molecular complexity index is 255. The first kappa shape index (κ1) is 15.4. The summed E-state index contributed by atoms with van der Waals surface area (Å²) in [6, 6.07) is 0.587. The largest absolute Gasteiger partial charge is 0.341 e. The van der Waals surface area contributed by atoms with Crippen LogP contribution in [-0.4, -0.2) is 54.5 Å². The number of carbonyl (C=O) groups excluding carboxylic acids is 1. The molecule has 0 aromatic heterocycles. The van der Waals surface area contributed by atoms with Crippen molar-refractivity contribution in [2.75, 3.05) is 32.7 Å². The summed E-state index contributed by atoms with van der Waals surface area (Å²) in [5.74, 6) is 0.409. The Balaban J connectivity index is 2.52. The number of hydrogen-bond acceptors (Lipinski definition) is 3. The lowest BCUT2D eigenvalue weighted by Gasteiger charge is -2.29. The van der Waals surface area contributed by atoms with E-state index < -0.39 is 0 Å². The smallest absolute Gasteiger partial charge is 0.225 e. The van der Waals surface area contributed by atoms with Crippen LogP contribution in [0.15, 0.2) is 0 Å². The highest BCUT2D eigenvalue weighted by atomic mass is 16.2. The van der Waals surface area contributed by atoms with Crippen LogP contribution in [0.2, 0.25) is 0 Å². The molecule has 1 unspecified atom stereocenters. The number of nitrogens with zero attached hydrogens (tertiary/aromatic N) is 2. The van der Waals surface area contributed by atoms with Gasteiger partial charge in [0.25, 0.3) is 0 Å². The molecular weight excluding hydrogens is 226 g/mol. The van der Waals surface area contributed by atoms with Crippen molar-refractivity contribution >= 4 is 5.91 Å². The molecule has 106 valence electrons. The van der Waals surface area contributed by atoms with Crippen molar-refractivity contribution in [3.05, 3.63) is 0 Å². The molecule has 1 aliphatic rings. The Morgan fingerprint density at radius 3 is 2.50 bits per heavy atom. The maximum absolute atomic E-state index is 12.0. The van der Waals surface area contributed by atoms with Crippen molar-refractivity contribution in [3.8, 4) is 0 Å². The molecule has 18 heavy (non-hydrogen) atoms. The average molecular weight is 255 g/mol. The second-order valence-corrected chi connectivity index (χ2v) is 5.51.